The van der Waals surface area contributed by atoms with Crippen molar-refractivity contribution in [2.24, 2.45) is 5.73 Å². The molecule has 1 fully saturated rings. The topological polar surface area (TPSA) is 55.1 Å². The minimum atomic E-state index is -0.287. The van der Waals surface area contributed by atoms with Gasteiger partial charge >= 0.3 is 0 Å². The maximum absolute atomic E-state index is 12.0. The summed E-state index contributed by atoms with van der Waals surface area (Å²) < 4.78 is 0. The van der Waals surface area contributed by atoms with Gasteiger partial charge in [-0.1, -0.05) is 37.5 Å². The first-order chi connectivity index (χ1) is 8.59. The molecule has 1 aromatic rings. The van der Waals surface area contributed by atoms with Crippen molar-refractivity contribution in [2.75, 3.05) is 5.32 Å². The van der Waals surface area contributed by atoms with E-state index in [2.05, 4.69) is 5.32 Å². The molecule has 1 saturated carbocycles. The van der Waals surface area contributed by atoms with E-state index in [1.54, 1.807) is 0 Å². The van der Waals surface area contributed by atoms with Gasteiger partial charge in [-0.15, -0.1) is 0 Å². The molecule has 1 amide bonds. The molecule has 1 aromatic carbocycles. The summed E-state index contributed by atoms with van der Waals surface area (Å²) in [6.45, 7) is 1.99. The number of anilines is 1. The fraction of sp³-hybridized carbons (Fsp3) is 0.533. The smallest absolute Gasteiger partial charge is 0.226 e. The molecule has 0 bridgehead atoms. The Morgan fingerprint density at radius 3 is 2.61 bits per heavy atom. The fourth-order valence-corrected chi connectivity index (χ4v) is 2.66. The molecule has 0 unspecified atom stereocenters. The molecule has 3 N–H and O–H groups in total. The number of amides is 1. The maximum Gasteiger partial charge on any atom is 0.226 e. The Kier molecular flexibility index (Phi) is 4.02. The second kappa shape index (κ2) is 5.53. The quantitative estimate of drug-likeness (QED) is 0.861. The van der Waals surface area contributed by atoms with E-state index in [9.17, 15) is 4.79 Å². The average molecular weight is 246 g/mol. The molecule has 98 valence electrons. The minimum absolute atomic E-state index is 0.0358. The molecule has 0 aromatic heterocycles. The van der Waals surface area contributed by atoms with Crippen molar-refractivity contribution in [3.63, 3.8) is 0 Å². The van der Waals surface area contributed by atoms with Crippen LogP contribution in [-0.4, -0.2) is 11.4 Å². The summed E-state index contributed by atoms with van der Waals surface area (Å²) in [4.78, 5) is 12.0. The van der Waals surface area contributed by atoms with Gasteiger partial charge in [0.15, 0.2) is 0 Å². The largest absolute Gasteiger partial charge is 0.326 e. The number of para-hydroxylation sites is 1. The number of hydrogen-bond donors (Lipinski definition) is 2. The van der Waals surface area contributed by atoms with E-state index in [1.807, 2.05) is 31.2 Å². The molecule has 18 heavy (non-hydrogen) atoms. The number of nitrogens with two attached hydrogens (primary N) is 1. The van der Waals surface area contributed by atoms with Crippen LogP contribution in [-0.2, 0) is 4.79 Å². The number of carbonyl (C=O) groups excluding carboxylic acids is 1. The van der Waals surface area contributed by atoms with Gasteiger partial charge in [-0.25, -0.2) is 0 Å². The van der Waals surface area contributed by atoms with Gasteiger partial charge in [0.1, 0.15) is 0 Å². The Morgan fingerprint density at radius 1 is 1.28 bits per heavy atom. The van der Waals surface area contributed by atoms with Gasteiger partial charge in [-0.3, -0.25) is 4.79 Å². The monoisotopic (exact) mass is 246 g/mol. The van der Waals surface area contributed by atoms with Crippen LogP contribution in [0.3, 0.4) is 0 Å². The van der Waals surface area contributed by atoms with Gasteiger partial charge in [0.25, 0.3) is 0 Å². The van der Waals surface area contributed by atoms with Gasteiger partial charge < -0.3 is 11.1 Å². The van der Waals surface area contributed by atoms with Crippen LogP contribution in [0.15, 0.2) is 24.3 Å². The molecule has 0 spiro atoms. The van der Waals surface area contributed by atoms with Crippen LogP contribution < -0.4 is 11.1 Å². The molecule has 0 saturated heterocycles. The number of hydrogen-bond acceptors (Lipinski definition) is 2. The minimum Gasteiger partial charge on any atom is -0.326 e. The van der Waals surface area contributed by atoms with Crippen molar-refractivity contribution in [2.45, 2.75) is 51.0 Å². The lowest BCUT2D eigenvalue weighted by Gasteiger charge is -2.32. The SMILES string of the molecule is Cc1ccccc1NC(=O)CC1(N)CCCCC1. The third-order valence-corrected chi connectivity index (χ3v) is 3.78. The Morgan fingerprint density at radius 2 is 1.94 bits per heavy atom. The van der Waals surface area contributed by atoms with E-state index >= 15 is 0 Å². The Bertz CT molecular complexity index is 422. The predicted octanol–water partition coefficient (Wildman–Crippen LogP) is 2.99. The molecular formula is C15H22N2O. The van der Waals surface area contributed by atoms with E-state index < -0.39 is 0 Å². The lowest BCUT2D eigenvalue weighted by Crippen LogP contribution is -2.44. The zero-order chi connectivity index (χ0) is 13.0. The number of aryl methyl sites for hydroxylation is 1. The van der Waals surface area contributed by atoms with E-state index in [4.69, 9.17) is 5.73 Å². The van der Waals surface area contributed by atoms with Gasteiger partial charge in [0, 0.05) is 17.6 Å². The summed E-state index contributed by atoms with van der Waals surface area (Å²) in [5.74, 6) is 0.0358. The summed E-state index contributed by atoms with van der Waals surface area (Å²) in [6, 6.07) is 7.82. The van der Waals surface area contributed by atoms with Crippen LogP contribution in [0.1, 0.15) is 44.1 Å². The van der Waals surface area contributed by atoms with Crippen molar-refractivity contribution >= 4 is 11.6 Å². The Labute approximate surface area is 109 Å². The van der Waals surface area contributed by atoms with Crippen LogP contribution in [0.2, 0.25) is 0 Å². The highest BCUT2D eigenvalue weighted by molar-refractivity contribution is 5.92. The van der Waals surface area contributed by atoms with Crippen molar-refractivity contribution < 1.29 is 4.79 Å². The summed E-state index contributed by atoms with van der Waals surface area (Å²) in [5.41, 5.74) is 7.98. The fourth-order valence-electron chi connectivity index (χ4n) is 2.66. The van der Waals surface area contributed by atoms with Crippen molar-refractivity contribution in [3.8, 4) is 0 Å². The van der Waals surface area contributed by atoms with Crippen molar-refractivity contribution in [1.29, 1.82) is 0 Å². The number of benzene rings is 1. The van der Waals surface area contributed by atoms with E-state index in [0.717, 1.165) is 36.9 Å². The lowest BCUT2D eigenvalue weighted by atomic mass is 9.80. The third-order valence-electron chi connectivity index (χ3n) is 3.78. The molecule has 0 radical (unpaired) electrons. The van der Waals surface area contributed by atoms with Gasteiger partial charge in [-0.2, -0.15) is 0 Å². The van der Waals surface area contributed by atoms with E-state index in [1.165, 1.54) is 6.42 Å². The van der Waals surface area contributed by atoms with Crippen LogP contribution >= 0.6 is 0 Å². The van der Waals surface area contributed by atoms with Crippen molar-refractivity contribution in [3.05, 3.63) is 29.8 Å². The van der Waals surface area contributed by atoms with Gasteiger partial charge in [0.2, 0.25) is 5.91 Å². The molecule has 3 heteroatoms. The Balaban J connectivity index is 1.94. The number of carbonyl (C=O) groups is 1. The first-order valence-electron chi connectivity index (χ1n) is 6.73. The number of nitrogens with one attached hydrogen (secondary N) is 1. The van der Waals surface area contributed by atoms with Crippen LogP contribution in [0, 0.1) is 6.92 Å². The summed E-state index contributed by atoms with van der Waals surface area (Å²) in [5, 5.41) is 2.96. The molecule has 0 aliphatic heterocycles. The maximum atomic E-state index is 12.0. The van der Waals surface area contributed by atoms with Crippen molar-refractivity contribution in [1.82, 2.24) is 0 Å². The first kappa shape index (κ1) is 13.1. The predicted molar refractivity (Wildman–Crippen MR) is 74.4 cm³/mol. The third kappa shape index (κ3) is 3.33. The average Bonchev–Trinajstić information content (AvgIpc) is 2.32. The standard InChI is InChI=1S/C15H22N2O/c1-12-7-3-4-8-13(12)17-14(18)11-15(16)9-5-2-6-10-15/h3-4,7-8H,2,5-6,9-11,16H2,1H3,(H,17,18). The van der Waals surface area contributed by atoms with E-state index in [0.29, 0.717) is 6.42 Å². The molecule has 3 nitrogen and oxygen atoms in total. The molecule has 1 aliphatic carbocycles. The normalized spacial score (nSPS) is 18.3. The zero-order valence-corrected chi connectivity index (χ0v) is 11.0. The highest BCUT2D eigenvalue weighted by Gasteiger charge is 2.29. The zero-order valence-electron chi connectivity index (χ0n) is 11.0. The molecule has 0 heterocycles. The van der Waals surface area contributed by atoms with Crippen LogP contribution in [0.25, 0.3) is 0 Å². The second-order valence-electron chi connectivity index (χ2n) is 5.46. The Hall–Kier alpha value is -1.35. The van der Waals surface area contributed by atoms with E-state index in [-0.39, 0.29) is 11.4 Å². The highest BCUT2D eigenvalue weighted by Crippen LogP contribution is 2.29. The van der Waals surface area contributed by atoms with Gasteiger partial charge in [0.05, 0.1) is 0 Å². The molecule has 0 atom stereocenters. The molecular weight excluding hydrogens is 224 g/mol. The highest BCUT2D eigenvalue weighted by atomic mass is 16.1. The molecule has 2 rings (SSSR count). The first-order valence-corrected chi connectivity index (χ1v) is 6.73. The summed E-state index contributed by atoms with van der Waals surface area (Å²) in [6.07, 6.45) is 5.91. The molecule has 1 aliphatic rings. The second-order valence-corrected chi connectivity index (χ2v) is 5.46. The lowest BCUT2D eigenvalue weighted by molar-refractivity contribution is -0.117. The number of rotatable bonds is 3. The summed E-state index contributed by atoms with van der Waals surface area (Å²) >= 11 is 0. The summed E-state index contributed by atoms with van der Waals surface area (Å²) in [7, 11) is 0. The van der Waals surface area contributed by atoms with Crippen LogP contribution in [0.5, 0.6) is 0 Å². The van der Waals surface area contributed by atoms with Crippen LogP contribution in [0.4, 0.5) is 5.69 Å². The van der Waals surface area contributed by atoms with Gasteiger partial charge in [-0.05, 0) is 31.4 Å².